The average molecular weight is 444 g/mol. The third kappa shape index (κ3) is 3.56. The highest BCUT2D eigenvalue weighted by Gasteiger charge is 2.39. The predicted octanol–water partition coefficient (Wildman–Crippen LogP) is 1.71. The summed E-state index contributed by atoms with van der Waals surface area (Å²) in [6.45, 7) is -0.134. The van der Waals surface area contributed by atoms with Gasteiger partial charge in [0.25, 0.3) is 5.91 Å². The van der Waals surface area contributed by atoms with E-state index in [1.54, 1.807) is 6.07 Å². The van der Waals surface area contributed by atoms with Gasteiger partial charge in [0.2, 0.25) is 0 Å². The molecule has 1 aliphatic heterocycles. The fourth-order valence-corrected chi connectivity index (χ4v) is 4.60. The number of H-pyrrole nitrogens is 1. The van der Waals surface area contributed by atoms with Crippen LogP contribution in [0.15, 0.2) is 30.6 Å². The third-order valence-corrected chi connectivity index (χ3v) is 6.21. The maximum Gasteiger partial charge on any atom is 0.273 e. The Bertz CT molecular complexity index is 1160. The molecule has 11 heteroatoms. The van der Waals surface area contributed by atoms with E-state index in [0.717, 1.165) is 0 Å². The molecule has 1 aromatic carbocycles. The van der Waals surface area contributed by atoms with Crippen molar-refractivity contribution in [3.8, 4) is 0 Å². The number of rotatable bonds is 4. The number of halogens is 2. The van der Waals surface area contributed by atoms with Gasteiger partial charge in [-0.2, -0.15) is 5.10 Å². The van der Waals surface area contributed by atoms with Gasteiger partial charge in [0.05, 0.1) is 36.2 Å². The molecule has 0 unspecified atom stereocenters. The summed E-state index contributed by atoms with van der Waals surface area (Å²) in [5.41, 5.74) is 0.823. The minimum Gasteiger partial charge on any atom is -0.390 e. The van der Waals surface area contributed by atoms with Crippen molar-refractivity contribution in [3.05, 3.63) is 47.7 Å². The topological polar surface area (TPSA) is 127 Å². The standard InChI is InChI=1S/C21H22F2N6O3/c22-11-3-1-2-10(6-11)14-7-12(23)8-29(14)21(32)17-16-19(24-9-25-20(16)28-27-17)26-13-4-5-15(30)18(13)31/h1-3,6,9,12-15,18,30-31H,4-5,7-8H2,(H2,24,25,26,27,28)/t12-,13+,14+,15+,18-/m0/s1. The number of alkyl halides is 1. The SMILES string of the molecule is O=C(c1[nH]nc2ncnc(N[C@@H]3CC[C@@H](O)[C@H]3O)c12)N1C[C@@H](F)C[C@@H]1c1cccc(F)c1. The van der Waals surface area contributed by atoms with E-state index in [4.69, 9.17) is 0 Å². The number of nitrogens with zero attached hydrogens (tertiary/aromatic N) is 4. The van der Waals surface area contributed by atoms with E-state index in [1.165, 1.54) is 29.4 Å². The first-order chi connectivity index (χ1) is 15.4. The van der Waals surface area contributed by atoms with Crippen LogP contribution >= 0.6 is 0 Å². The lowest BCUT2D eigenvalue weighted by Crippen LogP contribution is -2.35. The lowest BCUT2D eigenvalue weighted by Gasteiger charge is -2.24. The largest absolute Gasteiger partial charge is 0.390 e. The highest BCUT2D eigenvalue weighted by molar-refractivity contribution is 6.07. The summed E-state index contributed by atoms with van der Waals surface area (Å²) in [6.07, 6.45) is -0.763. The molecule has 5 rings (SSSR count). The zero-order valence-electron chi connectivity index (χ0n) is 16.9. The van der Waals surface area contributed by atoms with Gasteiger partial charge in [-0.05, 0) is 30.5 Å². The molecule has 2 fully saturated rings. The van der Waals surface area contributed by atoms with E-state index >= 15 is 0 Å². The van der Waals surface area contributed by atoms with Crippen LogP contribution in [-0.2, 0) is 0 Å². The number of likely N-dealkylation sites (tertiary alicyclic amines) is 1. The van der Waals surface area contributed by atoms with Crippen molar-refractivity contribution in [1.29, 1.82) is 0 Å². The first-order valence-electron chi connectivity index (χ1n) is 10.4. The Hall–Kier alpha value is -3.18. The molecule has 9 nitrogen and oxygen atoms in total. The summed E-state index contributed by atoms with van der Waals surface area (Å²) in [6, 6.07) is 4.71. The fourth-order valence-electron chi connectivity index (χ4n) is 4.60. The van der Waals surface area contributed by atoms with Gasteiger partial charge < -0.3 is 20.4 Å². The number of carbonyl (C=O) groups is 1. The number of aliphatic hydroxyl groups excluding tert-OH is 2. The molecule has 1 aliphatic carbocycles. The maximum absolute atomic E-state index is 14.4. The summed E-state index contributed by atoms with van der Waals surface area (Å²) >= 11 is 0. The molecular formula is C21H22F2N6O3. The van der Waals surface area contributed by atoms with E-state index < -0.39 is 42.2 Å². The second kappa shape index (κ2) is 8.06. The highest BCUT2D eigenvalue weighted by Crippen LogP contribution is 2.36. The van der Waals surface area contributed by atoms with Crippen LogP contribution in [0.5, 0.6) is 0 Å². The van der Waals surface area contributed by atoms with Gasteiger partial charge in [0, 0.05) is 6.42 Å². The number of aromatic amines is 1. The van der Waals surface area contributed by atoms with E-state index in [9.17, 15) is 23.8 Å². The molecule has 32 heavy (non-hydrogen) atoms. The van der Waals surface area contributed by atoms with Gasteiger partial charge in [-0.1, -0.05) is 12.1 Å². The van der Waals surface area contributed by atoms with Crippen LogP contribution < -0.4 is 5.32 Å². The second-order valence-corrected chi connectivity index (χ2v) is 8.27. The van der Waals surface area contributed by atoms with Crippen molar-refractivity contribution < 1.29 is 23.8 Å². The molecule has 5 atom stereocenters. The number of aliphatic hydroxyl groups is 2. The smallest absolute Gasteiger partial charge is 0.273 e. The quantitative estimate of drug-likeness (QED) is 0.482. The van der Waals surface area contributed by atoms with Crippen LogP contribution in [0.2, 0.25) is 0 Å². The predicted molar refractivity (Wildman–Crippen MR) is 110 cm³/mol. The van der Waals surface area contributed by atoms with Gasteiger partial charge in [0.15, 0.2) is 5.65 Å². The molecule has 1 saturated carbocycles. The van der Waals surface area contributed by atoms with Gasteiger partial charge >= 0.3 is 0 Å². The van der Waals surface area contributed by atoms with Crippen LogP contribution in [0.25, 0.3) is 11.0 Å². The first-order valence-corrected chi connectivity index (χ1v) is 10.4. The summed E-state index contributed by atoms with van der Waals surface area (Å²) < 4.78 is 28.1. The Morgan fingerprint density at radius 1 is 1.25 bits per heavy atom. The molecule has 0 radical (unpaired) electrons. The lowest BCUT2D eigenvalue weighted by atomic mass is 10.0. The molecule has 3 heterocycles. The Kier molecular flexibility index (Phi) is 5.22. The number of nitrogens with one attached hydrogen (secondary N) is 2. The molecule has 2 aromatic heterocycles. The van der Waals surface area contributed by atoms with Gasteiger partial charge in [0.1, 0.15) is 29.8 Å². The monoisotopic (exact) mass is 444 g/mol. The van der Waals surface area contributed by atoms with Crippen LogP contribution in [0, 0.1) is 5.82 Å². The van der Waals surface area contributed by atoms with Crippen molar-refractivity contribution in [2.24, 2.45) is 0 Å². The van der Waals surface area contributed by atoms with Crippen molar-refractivity contribution in [1.82, 2.24) is 25.1 Å². The van der Waals surface area contributed by atoms with Crippen molar-refractivity contribution >= 4 is 22.8 Å². The van der Waals surface area contributed by atoms with Crippen LogP contribution in [0.3, 0.4) is 0 Å². The van der Waals surface area contributed by atoms with E-state index in [2.05, 4.69) is 25.5 Å². The number of benzene rings is 1. The maximum atomic E-state index is 14.4. The second-order valence-electron chi connectivity index (χ2n) is 8.27. The molecular weight excluding hydrogens is 422 g/mol. The number of amides is 1. The van der Waals surface area contributed by atoms with E-state index in [0.29, 0.717) is 23.8 Å². The zero-order valence-corrected chi connectivity index (χ0v) is 16.9. The molecule has 2 aliphatic rings. The number of anilines is 1. The van der Waals surface area contributed by atoms with Crippen molar-refractivity contribution in [2.75, 3.05) is 11.9 Å². The van der Waals surface area contributed by atoms with Crippen molar-refractivity contribution in [2.45, 2.75) is 49.7 Å². The number of aromatic nitrogens is 4. The van der Waals surface area contributed by atoms with Gasteiger partial charge in [-0.3, -0.25) is 9.89 Å². The van der Waals surface area contributed by atoms with E-state index in [-0.39, 0.29) is 30.1 Å². The summed E-state index contributed by atoms with van der Waals surface area (Å²) in [5.74, 6) is -0.684. The summed E-state index contributed by atoms with van der Waals surface area (Å²) in [7, 11) is 0. The fraction of sp³-hybridized carbons (Fsp3) is 0.429. The minimum atomic E-state index is -1.25. The van der Waals surface area contributed by atoms with Crippen LogP contribution in [0.4, 0.5) is 14.6 Å². The molecule has 4 N–H and O–H groups in total. The summed E-state index contributed by atoms with van der Waals surface area (Å²) in [4.78, 5) is 23.1. The summed E-state index contributed by atoms with van der Waals surface area (Å²) in [5, 5.41) is 30.2. The number of hydrogen-bond acceptors (Lipinski definition) is 7. The van der Waals surface area contributed by atoms with Gasteiger partial charge in [-0.15, -0.1) is 0 Å². The lowest BCUT2D eigenvalue weighted by molar-refractivity contribution is 0.0392. The third-order valence-electron chi connectivity index (χ3n) is 6.21. The normalized spacial score (nSPS) is 27.9. The zero-order chi connectivity index (χ0) is 22.4. The average Bonchev–Trinajstić information content (AvgIpc) is 3.47. The van der Waals surface area contributed by atoms with Crippen LogP contribution in [0.1, 0.15) is 41.4 Å². The molecule has 0 bridgehead atoms. The molecule has 0 spiro atoms. The highest BCUT2D eigenvalue weighted by atomic mass is 19.1. The Morgan fingerprint density at radius 3 is 2.84 bits per heavy atom. The van der Waals surface area contributed by atoms with Crippen molar-refractivity contribution in [3.63, 3.8) is 0 Å². The minimum absolute atomic E-state index is 0.0645. The Labute approximate surface area is 181 Å². The number of hydrogen-bond donors (Lipinski definition) is 4. The van der Waals surface area contributed by atoms with E-state index in [1.807, 2.05) is 0 Å². The number of fused-ring (bicyclic) bond motifs is 1. The molecule has 3 aromatic rings. The Balaban J connectivity index is 1.49. The molecule has 1 amide bonds. The molecule has 168 valence electrons. The Morgan fingerprint density at radius 2 is 2.09 bits per heavy atom. The van der Waals surface area contributed by atoms with Gasteiger partial charge in [-0.25, -0.2) is 18.7 Å². The number of carbonyl (C=O) groups excluding carboxylic acids is 1. The molecule has 1 saturated heterocycles. The first kappa shape index (κ1) is 20.7. The van der Waals surface area contributed by atoms with Crippen LogP contribution in [-0.4, -0.2) is 72.2 Å².